The number of nitrogens with one attached hydrogen (secondary N) is 2. The van der Waals surface area contributed by atoms with Crippen molar-refractivity contribution in [2.75, 3.05) is 17.3 Å². The van der Waals surface area contributed by atoms with Crippen LogP contribution >= 0.6 is 11.8 Å². The summed E-state index contributed by atoms with van der Waals surface area (Å²) in [5.41, 5.74) is 4.80. The van der Waals surface area contributed by atoms with Crippen molar-refractivity contribution in [2.45, 2.75) is 24.7 Å². The molecule has 1 aromatic rings. The Hall–Kier alpha value is -2.07. The lowest BCUT2D eigenvalue weighted by molar-refractivity contribution is -0.152. The summed E-state index contributed by atoms with van der Waals surface area (Å²) in [6.45, 7) is 1.38. The van der Waals surface area contributed by atoms with Gasteiger partial charge in [0.05, 0.1) is 17.3 Å². The molecule has 1 aliphatic rings. The van der Waals surface area contributed by atoms with E-state index < -0.39 is 33.7 Å². The molecule has 0 radical (unpaired) electrons. The van der Waals surface area contributed by atoms with Gasteiger partial charge < -0.3 is 4.74 Å². The van der Waals surface area contributed by atoms with E-state index in [9.17, 15) is 22.8 Å². The van der Waals surface area contributed by atoms with Crippen molar-refractivity contribution in [3.63, 3.8) is 0 Å². The van der Waals surface area contributed by atoms with Gasteiger partial charge in [0.15, 0.2) is 15.9 Å². The molecule has 1 saturated heterocycles. The second-order valence-electron chi connectivity index (χ2n) is 5.78. The number of hydrogen-bond acceptors (Lipinski definition) is 7. The molecule has 142 valence electrons. The maximum atomic E-state index is 11.9. The van der Waals surface area contributed by atoms with Gasteiger partial charge in [-0.05, 0) is 25.5 Å². The van der Waals surface area contributed by atoms with Gasteiger partial charge in [-0.2, -0.15) is 0 Å². The summed E-state index contributed by atoms with van der Waals surface area (Å²) < 4.78 is 27.7. The number of carbonyl (C=O) groups is 3. The van der Waals surface area contributed by atoms with Crippen LogP contribution in [-0.4, -0.2) is 54.8 Å². The van der Waals surface area contributed by atoms with Crippen LogP contribution in [0.2, 0.25) is 0 Å². The molecule has 1 fully saturated rings. The highest BCUT2D eigenvalue weighted by Gasteiger charge is 2.29. The molecule has 10 heteroatoms. The first kappa shape index (κ1) is 20.2. The highest BCUT2D eigenvalue weighted by Crippen LogP contribution is 2.24. The summed E-state index contributed by atoms with van der Waals surface area (Å²) in [6.07, 6.45) is -0.576. The third-order valence-corrected chi connectivity index (χ3v) is 6.90. The minimum Gasteiger partial charge on any atom is -0.452 e. The zero-order valence-corrected chi connectivity index (χ0v) is 15.8. The number of hydrazine groups is 1. The lowest BCUT2D eigenvalue weighted by Gasteiger charge is -2.14. The van der Waals surface area contributed by atoms with Crippen LogP contribution < -0.4 is 10.9 Å². The van der Waals surface area contributed by atoms with E-state index in [2.05, 4.69) is 10.9 Å². The van der Waals surface area contributed by atoms with Crippen molar-refractivity contribution in [3.8, 4) is 0 Å². The van der Waals surface area contributed by atoms with Crippen LogP contribution in [0.15, 0.2) is 30.3 Å². The molecule has 1 heterocycles. The predicted octanol–water partition coefficient (Wildman–Crippen LogP) is 0.300. The molecule has 0 unspecified atom stereocenters. The summed E-state index contributed by atoms with van der Waals surface area (Å²) in [6, 6.07) is 8.31. The van der Waals surface area contributed by atoms with E-state index in [1.54, 1.807) is 30.3 Å². The standard InChI is InChI=1S/C16H20N2O6S2/c1-11(15(20)17-18-16(21)12-5-3-2-4-6-12)24-14(19)9-25-13-7-8-26(22,23)10-13/h2-6,11,13H,7-10H2,1H3,(H,17,20)(H,18,21)/t11-,13-/m1/s1. The van der Waals surface area contributed by atoms with Crippen LogP contribution in [0.3, 0.4) is 0 Å². The Kier molecular flexibility index (Phi) is 7.04. The normalized spacial score (nSPS) is 19.3. The Balaban J connectivity index is 1.69. The Morgan fingerprint density at radius 1 is 1.23 bits per heavy atom. The molecule has 0 bridgehead atoms. The first-order chi connectivity index (χ1) is 12.3. The minimum atomic E-state index is -3.00. The summed E-state index contributed by atoms with van der Waals surface area (Å²) in [7, 11) is -3.00. The molecule has 2 rings (SSSR count). The van der Waals surface area contributed by atoms with Crippen molar-refractivity contribution in [3.05, 3.63) is 35.9 Å². The molecule has 2 N–H and O–H groups in total. The number of carbonyl (C=O) groups excluding carboxylic acids is 3. The minimum absolute atomic E-state index is 0.0336. The Bertz CT molecular complexity index is 766. The molecule has 8 nitrogen and oxygen atoms in total. The third-order valence-electron chi connectivity index (χ3n) is 3.64. The Morgan fingerprint density at radius 2 is 1.92 bits per heavy atom. The number of ether oxygens (including phenoxy) is 1. The van der Waals surface area contributed by atoms with Gasteiger partial charge in [0.2, 0.25) is 0 Å². The number of esters is 1. The fraction of sp³-hybridized carbons (Fsp3) is 0.438. The molecule has 1 aliphatic heterocycles. The molecule has 26 heavy (non-hydrogen) atoms. The topological polar surface area (TPSA) is 119 Å². The van der Waals surface area contributed by atoms with Gasteiger partial charge in [0.1, 0.15) is 0 Å². The highest BCUT2D eigenvalue weighted by atomic mass is 32.2. The molecule has 2 atom stereocenters. The van der Waals surface area contributed by atoms with E-state index >= 15 is 0 Å². The smallest absolute Gasteiger partial charge is 0.316 e. The summed E-state index contributed by atoms with van der Waals surface area (Å²) in [5.74, 6) is -1.61. The van der Waals surface area contributed by atoms with Crippen molar-refractivity contribution in [1.82, 2.24) is 10.9 Å². The molecular weight excluding hydrogens is 380 g/mol. The van der Waals surface area contributed by atoms with Gasteiger partial charge in [-0.25, -0.2) is 8.42 Å². The van der Waals surface area contributed by atoms with Gasteiger partial charge in [-0.15, -0.1) is 11.8 Å². The second-order valence-corrected chi connectivity index (χ2v) is 9.29. The van der Waals surface area contributed by atoms with E-state index in [-0.39, 0.29) is 22.5 Å². The summed E-state index contributed by atoms with van der Waals surface area (Å²) >= 11 is 1.21. The maximum Gasteiger partial charge on any atom is 0.316 e. The van der Waals surface area contributed by atoms with Crippen LogP contribution in [0, 0.1) is 0 Å². The number of amides is 2. The van der Waals surface area contributed by atoms with Crippen molar-refractivity contribution < 1.29 is 27.5 Å². The molecular formula is C16H20N2O6S2. The maximum absolute atomic E-state index is 11.9. The second kappa shape index (κ2) is 9.04. The van der Waals surface area contributed by atoms with E-state index in [0.29, 0.717) is 12.0 Å². The molecule has 0 aliphatic carbocycles. The van der Waals surface area contributed by atoms with E-state index in [1.807, 2.05) is 0 Å². The lowest BCUT2D eigenvalue weighted by atomic mass is 10.2. The molecule has 2 amide bonds. The van der Waals surface area contributed by atoms with Gasteiger partial charge in [0.25, 0.3) is 11.8 Å². The van der Waals surface area contributed by atoms with Gasteiger partial charge in [-0.3, -0.25) is 25.2 Å². The van der Waals surface area contributed by atoms with E-state index in [4.69, 9.17) is 4.74 Å². The first-order valence-electron chi connectivity index (χ1n) is 7.93. The quantitative estimate of drug-likeness (QED) is 0.521. The number of sulfone groups is 1. The van der Waals surface area contributed by atoms with Crippen LogP contribution in [0.4, 0.5) is 0 Å². The summed E-state index contributed by atoms with van der Waals surface area (Å²) in [5, 5.41) is -0.123. The van der Waals surface area contributed by atoms with Crippen LogP contribution in [0.25, 0.3) is 0 Å². The highest BCUT2D eigenvalue weighted by molar-refractivity contribution is 8.02. The average molecular weight is 400 g/mol. The fourth-order valence-electron chi connectivity index (χ4n) is 2.24. The van der Waals surface area contributed by atoms with Crippen LogP contribution in [0.5, 0.6) is 0 Å². The Morgan fingerprint density at radius 3 is 2.54 bits per heavy atom. The van der Waals surface area contributed by atoms with Crippen LogP contribution in [-0.2, 0) is 24.2 Å². The number of thioether (sulfide) groups is 1. The van der Waals surface area contributed by atoms with Gasteiger partial charge in [-0.1, -0.05) is 18.2 Å². The predicted molar refractivity (Wildman–Crippen MR) is 97.1 cm³/mol. The van der Waals surface area contributed by atoms with Gasteiger partial charge in [0, 0.05) is 10.8 Å². The Labute approximate surface area is 155 Å². The van der Waals surface area contributed by atoms with Gasteiger partial charge >= 0.3 is 5.97 Å². The number of benzene rings is 1. The summed E-state index contributed by atoms with van der Waals surface area (Å²) in [4.78, 5) is 35.5. The third kappa shape index (κ3) is 6.34. The number of hydrogen-bond donors (Lipinski definition) is 2. The van der Waals surface area contributed by atoms with Crippen molar-refractivity contribution >= 4 is 39.4 Å². The lowest BCUT2D eigenvalue weighted by Crippen LogP contribution is -2.46. The van der Waals surface area contributed by atoms with Crippen molar-refractivity contribution in [1.29, 1.82) is 0 Å². The number of rotatable bonds is 6. The molecule has 1 aromatic carbocycles. The van der Waals surface area contributed by atoms with Crippen molar-refractivity contribution in [2.24, 2.45) is 0 Å². The van der Waals surface area contributed by atoms with Crippen LogP contribution in [0.1, 0.15) is 23.7 Å². The van der Waals surface area contributed by atoms with E-state index in [1.165, 1.54) is 18.7 Å². The zero-order valence-electron chi connectivity index (χ0n) is 14.1. The average Bonchev–Trinajstić information content (AvgIpc) is 2.97. The molecule has 0 aromatic heterocycles. The first-order valence-corrected chi connectivity index (χ1v) is 10.8. The monoisotopic (exact) mass is 400 g/mol. The SMILES string of the molecule is C[C@@H](OC(=O)CS[C@@H]1CCS(=O)(=O)C1)C(=O)NNC(=O)c1ccccc1. The van der Waals surface area contributed by atoms with E-state index in [0.717, 1.165) is 0 Å². The molecule has 0 saturated carbocycles. The fourth-order valence-corrected chi connectivity index (χ4v) is 5.67. The molecule has 0 spiro atoms. The zero-order chi connectivity index (χ0) is 19.2. The largest absolute Gasteiger partial charge is 0.452 e.